The first-order valence-corrected chi connectivity index (χ1v) is 13.7. The fourth-order valence-corrected chi connectivity index (χ4v) is 7.03. The van der Waals surface area contributed by atoms with Crippen LogP contribution in [0.15, 0.2) is 59.5 Å². The van der Waals surface area contributed by atoms with E-state index < -0.39 is 27.4 Å². The van der Waals surface area contributed by atoms with Crippen molar-refractivity contribution in [1.29, 1.82) is 0 Å². The molecule has 3 aromatic rings. The van der Waals surface area contributed by atoms with E-state index in [1.54, 1.807) is 13.8 Å². The minimum atomic E-state index is -5.14. The number of aliphatic hydroxyl groups is 1. The molecule has 0 amide bonds. The van der Waals surface area contributed by atoms with Crippen LogP contribution in [-0.2, 0) is 15.6 Å². The topological polar surface area (TPSA) is 57.6 Å². The lowest BCUT2D eigenvalue weighted by atomic mass is 9.93. The lowest BCUT2D eigenvalue weighted by Gasteiger charge is -2.28. The van der Waals surface area contributed by atoms with Gasteiger partial charge < -0.3 is 5.11 Å². The number of rotatable bonds is 6. The van der Waals surface area contributed by atoms with E-state index in [1.807, 2.05) is 5.92 Å². The number of alkyl halides is 3. The summed E-state index contributed by atoms with van der Waals surface area (Å²) >= 11 is 18.7. The standard InChI is InChI=1S/C24H19Cl3F3NO3S2/c1-15(2)14-31(36(33,34)20-13-21(26)35-22(20)27)19-9-5-17(6-10-19)23(32,24(28,29)30)12-11-16-3-7-18(25)8-4-16/h3-10,13,15,32H,14H2,1-2H3. The van der Waals surface area contributed by atoms with Gasteiger partial charge in [0.1, 0.15) is 9.23 Å². The van der Waals surface area contributed by atoms with Crippen LogP contribution in [0, 0.1) is 17.8 Å². The molecule has 0 saturated heterocycles. The van der Waals surface area contributed by atoms with Crippen LogP contribution in [0.3, 0.4) is 0 Å². The van der Waals surface area contributed by atoms with E-state index in [2.05, 4.69) is 5.92 Å². The van der Waals surface area contributed by atoms with E-state index in [0.717, 1.165) is 27.8 Å². The van der Waals surface area contributed by atoms with Crippen molar-refractivity contribution in [1.82, 2.24) is 0 Å². The average Bonchev–Trinajstić information content (AvgIpc) is 3.14. The van der Waals surface area contributed by atoms with Crippen molar-refractivity contribution in [3.63, 3.8) is 0 Å². The molecule has 1 atom stereocenters. The van der Waals surface area contributed by atoms with E-state index in [1.165, 1.54) is 42.5 Å². The van der Waals surface area contributed by atoms with Gasteiger partial charge in [0.05, 0.1) is 10.0 Å². The van der Waals surface area contributed by atoms with E-state index in [4.69, 9.17) is 34.8 Å². The quantitative estimate of drug-likeness (QED) is 0.303. The molecule has 0 spiro atoms. The maximum absolute atomic E-state index is 13.9. The maximum Gasteiger partial charge on any atom is 0.433 e. The summed E-state index contributed by atoms with van der Waals surface area (Å²) in [6.45, 7) is 3.59. The first-order chi connectivity index (χ1) is 16.6. The van der Waals surface area contributed by atoms with E-state index in [0.29, 0.717) is 5.02 Å². The third-order valence-electron chi connectivity index (χ3n) is 4.94. The fourth-order valence-electron chi connectivity index (χ4n) is 3.17. The Bertz CT molecular complexity index is 1390. The summed E-state index contributed by atoms with van der Waals surface area (Å²) in [7, 11) is -4.18. The number of hydrogen-bond acceptors (Lipinski definition) is 4. The van der Waals surface area contributed by atoms with E-state index in [-0.39, 0.29) is 37.3 Å². The van der Waals surface area contributed by atoms with Crippen LogP contribution in [0.1, 0.15) is 25.0 Å². The highest BCUT2D eigenvalue weighted by Gasteiger charge is 2.54. The molecule has 1 aromatic heterocycles. The molecule has 0 aliphatic heterocycles. The summed E-state index contributed by atoms with van der Waals surface area (Å²) in [5.41, 5.74) is -3.77. The van der Waals surface area contributed by atoms with Crippen molar-refractivity contribution in [2.75, 3.05) is 10.8 Å². The summed E-state index contributed by atoms with van der Waals surface area (Å²) in [6, 6.07) is 11.3. The van der Waals surface area contributed by atoms with Gasteiger partial charge in [-0.05, 0) is 54.3 Å². The maximum atomic E-state index is 13.9. The monoisotopic (exact) mass is 595 g/mol. The third kappa shape index (κ3) is 6.13. The van der Waals surface area contributed by atoms with Gasteiger partial charge in [-0.15, -0.1) is 11.3 Å². The molecule has 0 aliphatic rings. The number of benzene rings is 2. The van der Waals surface area contributed by atoms with Gasteiger partial charge in [-0.3, -0.25) is 4.31 Å². The Labute approximate surface area is 226 Å². The van der Waals surface area contributed by atoms with Gasteiger partial charge >= 0.3 is 6.18 Å². The van der Waals surface area contributed by atoms with Crippen LogP contribution in [0.2, 0.25) is 13.7 Å². The molecule has 1 heterocycles. The van der Waals surface area contributed by atoms with E-state index in [9.17, 15) is 26.7 Å². The normalized spacial score (nSPS) is 13.7. The number of thiophene rings is 1. The Morgan fingerprint density at radius 1 is 1.03 bits per heavy atom. The van der Waals surface area contributed by atoms with Crippen molar-refractivity contribution in [3.05, 3.63) is 79.4 Å². The summed E-state index contributed by atoms with van der Waals surface area (Å²) < 4.78 is 69.7. The molecule has 0 saturated carbocycles. The van der Waals surface area contributed by atoms with Crippen LogP contribution in [0.25, 0.3) is 0 Å². The van der Waals surface area contributed by atoms with Crippen LogP contribution in [0.5, 0.6) is 0 Å². The smallest absolute Gasteiger partial charge is 0.366 e. The second-order valence-corrected chi connectivity index (χ2v) is 12.7. The zero-order valence-electron chi connectivity index (χ0n) is 18.8. The predicted octanol–water partition coefficient (Wildman–Crippen LogP) is 7.36. The van der Waals surface area contributed by atoms with Gasteiger partial charge in [0, 0.05) is 22.7 Å². The summed E-state index contributed by atoms with van der Waals surface area (Å²) in [5.74, 6) is 4.10. The SMILES string of the molecule is CC(C)CN(c1ccc(C(O)(C#Cc2ccc(Cl)cc2)C(F)(F)F)cc1)S(=O)(=O)c1cc(Cl)sc1Cl. The minimum Gasteiger partial charge on any atom is -0.366 e. The van der Waals surface area contributed by atoms with Gasteiger partial charge in [-0.1, -0.05) is 66.7 Å². The Morgan fingerprint density at radius 3 is 2.08 bits per heavy atom. The lowest BCUT2D eigenvalue weighted by molar-refractivity contribution is -0.240. The molecular formula is C24H19Cl3F3NO3S2. The molecule has 0 bridgehead atoms. The van der Waals surface area contributed by atoms with Crippen molar-refractivity contribution in [3.8, 4) is 11.8 Å². The Kier molecular flexibility index (Phi) is 8.61. The molecule has 4 nitrogen and oxygen atoms in total. The molecule has 0 radical (unpaired) electrons. The highest BCUT2D eigenvalue weighted by molar-refractivity contribution is 7.93. The first kappa shape index (κ1) is 28.6. The minimum absolute atomic E-state index is 0.0192. The number of sulfonamides is 1. The molecule has 2 aromatic carbocycles. The number of halogens is 6. The number of anilines is 1. The average molecular weight is 597 g/mol. The van der Waals surface area contributed by atoms with Gasteiger partial charge in [0.2, 0.25) is 5.60 Å². The molecule has 1 unspecified atom stereocenters. The van der Waals surface area contributed by atoms with Crippen LogP contribution in [-0.4, -0.2) is 26.2 Å². The Hall–Kier alpha value is -1.93. The second kappa shape index (κ2) is 10.8. The molecular weight excluding hydrogens is 578 g/mol. The van der Waals surface area contributed by atoms with Crippen molar-refractivity contribution in [2.45, 2.75) is 30.5 Å². The van der Waals surface area contributed by atoms with Crippen molar-refractivity contribution < 1.29 is 26.7 Å². The lowest BCUT2D eigenvalue weighted by Crippen LogP contribution is -2.41. The van der Waals surface area contributed by atoms with E-state index >= 15 is 0 Å². The van der Waals surface area contributed by atoms with Crippen molar-refractivity contribution >= 4 is 61.9 Å². The molecule has 0 fully saturated rings. The molecule has 3 rings (SSSR count). The van der Waals surface area contributed by atoms with Crippen LogP contribution >= 0.6 is 46.1 Å². The van der Waals surface area contributed by atoms with Gasteiger partial charge in [-0.2, -0.15) is 13.2 Å². The van der Waals surface area contributed by atoms with Gasteiger partial charge in [0.25, 0.3) is 10.0 Å². The van der Waals surface area contributed by atoms with Gasteiger partial charge in [-0.25, -0.2) is 8.42 Å². The summed E-state index contributed by atoms with van der Waals surface area (Å²) in [5, 5.41) is 11.0. The Balaban J connectivity index is 2.05. The zero-order valence-corrected chi connectivity index (χ0v) is 22.7. The van der Waals surface area contributed by atoms with Crippen LogP contribution in [0.4, 0.5) is 18.9 Å². The van der Waals surface area contributed by atoms with Crippen molar-refractivity contribution in [2.24, 2.45) is 5.92 Å². The second-order valence-electron chi connectivity index (χ2n) is 8.13. The molecule has 36 heavy (non-hydrogen) atoms. The predicted molar refractivity (Wildman–Crippen MR) is 138 cm³/mol. The molecule has 0 aliphatic carbocycles. The first-order valence-electron chi connectivity index (χ1n) is 10.3. The molecule has 1 N–H and O–H groups in total. The summed E-state index contributed by atoms with van der Waals surface area (Å²) in [4.78, 5) is -0.204. The molecule has 12 heteroatoms. The molecule has 192 valence electrons. The highest BCUT2D eigenvalue weighted by atomic mass is 35.5. The van der Waals surface area contributed by atoms with Gasteiger partial charge in [0.15, 0.2) is 0 Å². The highest BCUT2D eigenvalue weighted by Crippen LogP contribution is 2.41. The third-order valence-corrected chi connectivity index (χ3v) is 8.74. The largest absolute Gasteiger partial charge is 0.433 e. The van der Waals surface area contributed by atoms with Crippen LogP contribution < -0.4 is 4.31 Å². The summed E-state index contributed by atoms with van der Waals surface area (Å²) in [6.07, 6.45) is -5.14. The zero-order chi connectivity index (χ0) is 26.9. The number of nitrogens with zero attached hydrogens (tertiary/aromatic N) is 1. The number of hydrogen-bond donors (Lipinski definition) is 1. The Morgan fingerprint density at radius 2 is 1.61 bits per heavy atom. The fraction of sp³-hybridized carbons (Fsp3) is 0.250.